The van der Waals surface area contributed by atoms with Crippen LogP contribution in [0.15, 0.2) is 0 Å². The van der Waals surface area contributed by atoms with Gasteiger partial charge in [0.05, 0.1) is 19.1 Å². The number of carbonyl (C=O) groups excluding carboxylic acids is 2. The predicted molar refractivity (Wildman–Crippen MR) is 105 cm³/mol. The molecular weight excluding hydrogens is 344 g/mol. The van der Waals surface area contributed by atoms with Gasteiger partial charge in [0.15, 0.2) is 0 Å². The zero-order valence-electron chi connectivity index (χ0n) is 17.1. The van der Waals surface area contributed by atoms with E-state index in [-0.39, 0.29) is 30.0 Å². The Hall–Kier alpha value is -1.38. The third-order valence-electron chi connectivity index (χ3n) is 5.32. The number of unbranched alkanes of at least 4 members (excludes halogenated alkanes) is 5. The molecule has 0 radical (unpaired) electrons. The summed E-state index contributed by atoms with van der Waals surface area (Å²) < 4.78 is 4.62. The molecule has 0 aromatic rings. The quantitative estimate of drug-likeness (QED) is 0.326. The van der Waals surface area contributed by atoms with Crippen LogP contribution in [-0.4, -0.2) is 40.8 Å². The van der Waals surface area contributed by atoms with Crippen molar-refractivity contribution in [3.05, 3.63) is 0 Å². The largest absolute Gasteiger partial charge is 0.469 e. The van der Waals surface area contributed by atoms with E-state index in [1.807, 2.05) is 0 Å². The van der Waals surface area contributed by atoms with Gasteiger partial charge in [-0.25, -0.2) is 0 Å². The highest BCUT2D eigenvalue weighted by Gasteiger charge is 2.40. The van der Waals surface area contributed by atoms with Crippen LogP contribution in [0, 0.1) is 23.7 Å². The van der Waals surface area contributed by atoms with Gasteiger partial charge >= 0.3 is 5.97 Å². The van der Waals surface area contributed by atoms with Gasteiger partial charge in [0.1, 0.15) is 11.4 Å². The molecule has 154 valence electrons. The van der Waals surface area contributed by atoms with Crippen molar-refractivity contribution in [3.8, 4) is 11.8 Å². The smallest absolute Gasteiger partial charge is 0.305 e. The summed E-state index contributed by atoms with van der Waals surface area (Å²) in [7, 11) is 1.39. The molecule has 2 N–H and O–H groups in total. The average Bonchev–Trinajstić information content (AvgIpc) is 2.89. The second kappa shape index (κ2) is 12.2. The fourth-order valence-corrected chi connectivity index (χ4v) is 3.60. The van der Waals surface area contributed by atoms with E-state index in [1.54, 1.807) is 6.92 Å². The van der Waals surface area contributed by atoms with E-state index in [1.165, 1.54) is 7.11 Å². The Morgan fingerprint density at radius 3 is 2.59 bits per heavy atom. The number of carbonyl (C=O) groups is 2. The maximum Gasteiger partial charge on any atom is 0.305 e. The first-order chi connectivity index (χ1) is 12.8. The van der Waals surface area contributed by atoms with Crippen LogP contribution in [0.25, 0.3) is 0 Å². The van der Waals surface area contributed by atoms with Gasteiger partial charge in [-0.2, -0.15) is 0 Å². The minimum atomic E-state index is -1.07. The monoisotopic (exact) mass is 380 g/mol. The van der Waals surface area contributed by atoms with Crippen molar-refractivity contribution in [2.24, 2.45) is 11.8 Å². The van der Waals surface area contributed by atoms with Gasteiger partial charge in [0, 0.05) is 18.8 Å². The number of ketones is 1. The first-order valence-corrected chi connectivity index (χ1v) is 10.3. The van der Waals surface area contributed by atoms with E-state index in [0.717, 1.165) is 44.9 Å². The molecule has 0 aromatic heterocycles. The summed E-state index contributed by atoms with van der Waals surface area (Å²) >= 11 is 0. The van der Waals surface area contributed by atoms with Gasteiger partial charge in [-0.1, -0.05) is 50.9 Å². The van der Waals surface area contributed by atoms with Gasteiger partial charge in [-0.3, -0.25) is 9.59 Å². The number of aliphatic hydroxyl groups excluding tert-OH is 1. The Balaban J connectivity index is 2.49. The molecule has 1 saturated carbocycles. The average molecular weight is 381 g/mol. The highest BCUT2D eigenvalue weighted by molar-refractivity contribution is 5.85. The molecule has 27 heavy (non-hydrogen) atoms. The Kier molecular flexibility index (Phi) is 10.6. The molecule has 0 amide bonds. The number of aliphatic hydroxyl groups is 2. The number of hydrogen-bond acceptors (Lipinski definition) is 5. The minimum Gasteiger partial charge on any atom is -0.469 e. The molecule has 4 unspecified atom stereocenters. The van der Waals surface area contributed by atoms with Crippen LogP contribution in [0.4, 0.5) is 0 Å². The molecule has 0 spiro atoms. The number of hydrogen-bond donors (Lipinski definition) is 2. The third-order valence-corrected chi connectivity index (χ3v) is 5.32. The summed E-state index contributed by atoms with van der Waals surface area (Å²) in [5.41, 5.74) is -1.07. The molecule has 1 rings (SSSR count). The highest BCUT2D eigenvalue weighted by Crippen LogP contribution is 2.33. The molecular formula is C22H36O5. The highest BCUT2D eigenvalue weighted by atomic mass is 16.5. The summed E-state index contributed by atoms with van der Waals surface area (Å²) in [5, 5.41) is 20.6. The van der Waals surface area contributed by atoms with Gasteiger partial charge in [-0.05, 0) is 32.6 Å². The predicted octanol–water partition coefficient (Wildman–Crippen LogP) is 3.40. The van der Waals surface area contributed by atoms with Crippen molar-refractivity contribution >= 4 is 11.8 Å². The Morgan fingerprint density at radius 1 is 1.22 bits per heavy atom. The second-order valence-electron chi connectivity index (χ2n) is 7.90. The van der Waals surface area contributed by atoms with Gasteiger partial charge in [-0.15, -0.1) is 0 Å². The first kappa shape index (κ1) is 23.7. The Labute approximate surface area is 163 Å². The normalized spacial score (nSPS) is 24.2. The van der Waals surface area contributed by atoms with Crippen LogP contribution >= 0.6 is 0 Å². The lowest BCUT2D eigenvalue weighted by Gasteiger charge is -2.19. The minimum absolute atomic E-state index is 0.0713. The van der Waals surface area contributed by atoms with Crippen LogP contribution < -0.4 is 0 Å². The molecule has 0 aromatic carbocycles. The van der Waals surface area contributed by atoms with Crippen LogP contribution in [0.5, 0.6) is 0 Å². The van der Waals surface area contributed by atoms with E-state index in [2.05, 4.69) is 23.5 Å². The molecule has 5 heteroatoms. The van der Waals surface area contributed by atoms with Crippen LogP contribution in [0.3, 0.4) is 0 Å². The Bertz CT molecular complexity index is 529. The lowest BCUT2D eigenvalue weighted by Crippen LogP contribution is -2.24. The summed E-state index contributed by atoms with van der Waals surface area (Å²) in [6.07, 6.45) is 7.73. The maximum atomic E-state index is 12.2. The summed E-state index contributed by atoms with van der Waals surface area (Å²) in [6, 6.07) is 0. The van der Waals surface area contributed by atoms with Gasteiger partial charge in [0.2, 0.25) is 0 Å². The number of esters is 1. The lowest BCUT2D eigenvalue weighted by atomic mass is 9.88. The van der Waals surface area contributed by atoms with E-state index in [4.69, 9.17) is 0 Å². The van der Waals surface area contributed by atoms with E-state index < -0.39 is 11.7 Å². The van der Waals surface area contributed by atoms with E-state index in [0.29, 0.717) is 19.3 Å². The third kappa shape index (κ3) is 8.90. The topological polar surface area (TPSA) is 83.8 Å². The molecule has 0 aliphatic heterocycles. The summed E-state index contributed by atoms with van der Waals surface area (Å²) in [4.78, 5) is 23.3. The molecule has 0 heterocycles. The SMILES string of the molecule is CCCCCC(C)(O)C#CC1C(O)CC(=O)C1CCCCCCC(=O)OC. The number of ether oxygens (including phenoxy) is 1. The van der Waals surface area contributed by atoms with Crippen LogP contribution in [0.2, 0.25) is 0 Å². The van der Waals surface area contributed by atoms with Crippen LogP contribution in [0.1, 0.15) is 84.5 Å². The van der Waals surface area contributed by atoms with Crippen molar-refractivity contribution in [1.29, 1.82) is 0 Å². The fourth-order valence-electron chi connectivity index (χ4n) is 3.60. The molecule has 4 atom stereocenters. The standard InChI is InChI=1S/C22H36O5/c1-4-5-10-14-22(2,26)15-13-18-17(19(23)16-20(18)24)11-8-6-7-9-12-21(25)27-3/h17-18,20,24,26H,4-12,14,16H2,1-3H3. The number of Topliss-reactive ketones (excluding diaryl/α,β-unsaturated/α-hetero) is 1. The van der Waals surface area contributed by atoms with Crippen molar-refractivity contribution in [3.63, 3.8) is 0 Å². The first-order valence-electron chi connectivity index (χ1n) is 10.3. The zero-order valence-corrected chi connectivity index (χ0v) is 17.1. The maximum absolute atomic E-state index is 12.2. The van der Waals surface area contributed by atoms with Gasteiger partial charge in [0.25, 0.3) is 0 Å². The van der Waals surface area contributed by atoms with Gasteiger partial charge < -0.3 is 14.9 Å². The van der Waals surface area contributed by atoms with Crippen molar-refractivity contribution in [2.45, 2.75) is 96.2 Å². The molecule has 1 aliphatic rings. The van der Waals surface area contributed by atoms with E-state index >= 15 is 0 Å². The van der Waals surface area contributed by atoms with E-state index in [9.17, 15) is 19.8 Å². The summed E-state index contributed by atoms with van der Waals surface area (Å²) in [6.45, 7) is 3.82. The molecule has 1 fully saturated rings. The lowest BCUT2D eigenvalue weighted by molar-refractivity contribution is -0.140. The molecule has 1 aliphatic carbocycles. The molecule has 0 saturated heterocycles. The molecule has 0 bridgehead atoms. The zero-order chi connectivity index (χ0) is 20.3. The second-order valence-corrected chi connectivity index (χ2v) is 7.90. The Morgan fingerprint density at radius 2 is 1.93 bits per heavy atom. The molecule has 5 nitrogen and oxygen atoms in total. The van der Waals surface area contributed by atoms with Crippen LogP contribution in [-0.2, 0) is 14.3 Å². The summed E-state index contributed by atoms with van der Waals surface area (Å²) in [5.74, 6) is 5.18. The van der Waals surface area contributed by atoms with Crippen molar-refractivity contribution in [2.75, 3.05) is 7.11 Å². The van der Waals surface area contributed by atoms with Crippen molar-refractivity contribution < 1.29 is 24.5 Å². The number of methoxy groups -OCH3 is 1. The van der Waals surface area contributed by atoms with Crippen molar-refractivity contribution in [1.82, 2.24) is 0 Å². The fraction of sp³-hybridized carbons (Fsp3) is 0.818. The number of rotatable bonds is 11.